The minimum Gasteiger partial charge on any atom is -0.345 e. The fraction of sp³-hybridized carbons (Fsp3) is 0.429. The van der Waals surface area contributed by atoms with Crippen LogP contribution in [-0.2, 0) is 20.4 Å². The molecule has 0 radical (unpaired) electrons. The first-order valence-electron chi connectivity index (χ1n) is 6.52. The second-order valence-electron chi connectivity index (χ2n) is 4.92. The van der Waals surface area contributed by atoms with Crippen LogP contribution in [0.15, 0.2) is 30.3 Å². The molecule has 2 rings (SSSR count). The molecule has 108 valence electrons. The molecular weight excluding hydrogens is 276 g/mol. The third-order valence-electron chi connectivity index (χ3n) is 3.03. The van der Waals surface area contributed by atoms with Crippen LogP contribution in [0.2, 0.25) is 0 Å². The molecule has 1 aliphatic rings. The molecule has 0 saturated heterocycles. The molecule has 1 aromatic carbocycles. The standard InChI is InChI=1S/C14H18N2O3S/c1-20(19)9-12(10-5-3-2-4-6-10)16-14(18)13(17)15-11-7-8-11/h2-6,11-12H,7-9H2,1H3,(H,15,17)(H,16,18). The summed E-state index contributed by atoms with van der Waals surface area (Å²) in [4.78, 5) is 23.5. The van der Waals surface area contributed by atoms with Gasteiger partial charge in [0.1, 0.15) is 0 Å². The van der Waals surface area contributed by atoms with Crippen molar-refractivity contribution in [2.24, 2.45) is 0 Å². The monoisotopic (exact) mass is 294 g/mol. The molecule has 1 aromatic rings. The van der Waals surface area contributed by atoms with Crippen molar-refractivity contribution in [3.63, 3.8) is 0 Å². The Labute approximate surface area is 120 Å². The van der Waals surface area contributed by atoms with E-state index in [0.717, 1.165) is 18.4 Å². The summed E-state index contributed by atoms with van der Waals surface area (Å²) >= 11 is 0. The third-order valence-corrected chi connectivity index (χ3v) is 3.83. The first kappa shape index (κ1) is 14.7. The fourth-order valence-electron chi connectivity index (χ4n) is 1.84. The van der Waals surface area contributed by atoms with Crippen LogP contribution in [0.25, 0.3) is 0 Å². The van der Waals surface area contributed by atoms with Crippen LogP contribution in [0.4, 0.5) is 0 Å². The van der Waals surface area contributed by atoms with E-state index in [1.165, 1.54) is 0 Å². The van der Waals surface area contributed by atoms with Crippen LogP contribution in [0.1, 0.15) is 24.4 Å². The van der Waals surface area contributed by atoms with E-state index < -0.39 is 28.7 Å². The largest absolute Gasteiger partial charge is 0.345 e. The first-order valence-corrected chi connectivity index (χ1v) is 8.25. The van der Waals surface area contributed by atoms with Gasteiger partial charge in [-0.25, -0.2) is 0 Å². The van der Waals surface area contributed by atoms with Crippen molar-refractivity contribution in [3.05, 3.63) is 35.9 Å². The Hall–Kier alpha value is -1.69. The molecule has 1 fully saturated rings. The summed E-state index contributed by atoms with van der Waals surface area (Å²) < 4.78 is 11.4. The van der Waals surface area contributed by atoms with E-state index >= 15 is 0 Å². The molecule has 0 aliphatic heterocycles. The average molecular weight is 294 g/mol. The molecule has 20 heavy (non-hydrogen) atoms. The Bertz CT molecular complexity index is 514. The number of benzene rings is 1. The zero-order valence-electron chi connectivity index (χ0n) is 11.3. The molecule has 6 heteroatoms. The van der Waals surface area contributed by atoms with E-state index in [-0.39, 0.29) is 11.8 Å². The van der Waals surface area contributed by atoms with Gasteiger partial charge in [-0.1, -0.05) is 30.3 Å². The highest BCUT2D eigenvalue weighted by atomic mass is 32.2. The van der Waals surface area contributed by atoms with E-state index in [1.807, 2.05) is 30.3 Å². The summed E-state index contributed by atoms with van der Waals surface area (Å²) in [6, 6.07) is 8.97. The van der Waals surface area contributed by atoms with Crippen molar-refractivity contribution in [1.29, 1.82) is 0 Å². The van der Waals surface area contributed by atoms with Crippen molar-refractivity contribution in [2.75, 3.05) is 12.0 Å². The van der Waals surface area contributed by atoms with Crippen molar-refractivity contribution in [1.82, 2.24) is 10.6 Å². The van der Waals surface area contributed by atoms with Gasteiger partial charge in [0.05, 0.1) is 6.04 Å². The summed E-state index contributed by atoms with van der Waals surface area (Å²) in [6.07, 6.45) is 3.44. The Morgan fingerprint density at radius 2 is 1.90 bits per heavy atom. The summed E-state index contributed by atoms with van der Waals surface area (Å²) in [5, 5.41) is 5.29. The number of hydrogen-bond donors (Lipinski definition) is 2. The summed E-state index contributed by atoms with van der Waals surface area (Å²) in [5.74, 6) is -1.00. The lowest BCUT2D eigenvalue weighted by Gasteiger charge is -2.17. The maximum atomic E-state index is 11.8. The van der Waals surface area contributed by atoms with E-state index in [9.17, 15) is 13.8 Å². The smallest absolute Gasteiger partial charge is 0.309 e. The van der Waals surface area contributed by atoms with E-state index in [1.54, 1.807) is 6.26 Å². The van der Waals surface area contributed by atoms with E-state index in [4.69, 9.17) is 0 Å². The molecule has 2 amide bonds. The Morgan fingerprint density at radius 1 is 1.25 bits per heavy atom. The number of amides is 2. The van der Waals surface area contributed by atoms with Gasteiger partial charge in [-0.05, 0) is 18.4 Å². The van der Waals surface area contributed by atoms with Gasteiger partial charge < -0.3 is 10.6 Å². The SMILES string of the molecule is CS(=O)CC(NC(=O)C(=O)NC1CC1)c1ccccc1. The quantitative estimate of drug-likeness (QED) is 0.777. The zero-order valence-corrected chi connectivity index (χ0v) is 12.1. The molecule has 2 N–H and O–H groups in total. The number of carbonyl (C=O) groups excluding carboxylic acids is 2. The first-order chi connectivity index (χ1) is 9.56. The van der Waals surface area contributed by atoms with Crippen molar-refractivity contribution in [3.8, 4) is 0 Å². The Kier molecular flexibility index (Phi) is 4.89. The second kappa shape index (κ2) is 6.65. The van der Waals surface area contributed by atoms with Crippen LogP contribution in [0, 0.1) is 0 Å². The fourth-order valence-corrected chi connectivity index (χ4v) is 2.59. The molecule has 0 aromatic heterocycles. The topological polar surface area (TPSA) is 75.3 Å². The second-order valence-corrected chi connectivity index (χ2v) is 6.40. The van der Waals surface area contributed by atoms with Gasteiger partial charge >= 0.3 is 11.8 Å². The minimum atomic E-state index is -1.07. The molecular formula is C14H18N2O3S. The van der Waals surface area contributed by atoms with Crippen molar-refractivity contribution in [2.45, 2.75) is 24.9 Å². The Balaban J connectivity index is 2.01. The number of rotatable bonds is 5. The predicted molar refractivity (Wildman–Crippen MR) is 77.4 cm³/mol. The average Bonchev–Trinajstić information content (AvgIpc) is 3.22. The highest BCUT2D eigenvalue weighted by Gasteiger charge is 2.27. The van der Waals surface area contributed by atoms with E-state index in [2.05, 4.69) is 10.6 Å². The van der Waals surface area contributed by atoms with Gasteiger partial charge in [0.15, 0.2) is 0 Å². The maximum absolute atomic E-state index is 11.8. The van der Waals surface area contributed by atoms with Crippen LogP contribution in [0.3, 0.4) is 0 Å². The number of nitrogens with one attached hydrogen (secondary N) is 2. The summed E-state index contributed by atoms with van der Waals surface area (Å²) in [6.45, 7) is 0. The van der Waals surface area contributed by atoms with Crippen molar-refractivity contribution >= 4 is 22.6 Å². The Morgan fingerprint density at radius 3 is 2.45 bits per heavy atom. The molecule has 1 saturated carbocycles. The molecule has 1 aliphatic carbocycles. The number of hydrogen-bond acceptors (Lipinski definition) is 3. The normalized spacial score (nSPS) is 17.1. The molecule has 5 nitrogen and oxygen atoms in total. The molecule has 2 unspecified atom stereocenters. The van der Waals surface area contributed by atoms with Gasteiger partial charge in [0, 0.05) is 28.9 Å². The highest BCUT2D eigenvalue weighted by Crippen LogP contribution is 2.18. The maximum Gasteiger partial charge on any atom is 0.309 e. The van der Waals surface area contributed by atoms with Crippen LogP contribution < -0.4 is 10.6 Å². The lowest BCUT2D eigenvalue weighted by molar-refractivity contribution is -0.139. The number of carbonyl (C=O) groups is 2. The van der Waals surface area contributed by atoms with E-state index in [0.29, 0.717) is 0 Å². The predicted octanol–water partition coefficient (Wildman–Crippen LogP) is 0.501. The lowest BCUT2D eigenvalue weighted by atomic mass is 10.1. The van der Waals surface area contributed by atoms with Crippen LogP contribution in [-0.4, -0.2) is 34.1 Å². The summed E-state index contributed by atoms with van der Waals surface area (Å²) in [5.41, 5.74) is 0.843. The van der Waals surface area contributed by atoms with Crippen LogP contribution >= 0.6 is 0 Å². The molecule has 0 heterocycles. The molecule has 0 bridgehead atoms. The lowest BCUT2D eigenvalue weighted by Crippen LogP contribution is -2.43. The van der Waals surface area contributed by atoms with Crippen molar-refractivity contribution < 1.29 is 13.8 Å². The minimum absolute atomic E-state index is 0.142. The molecule has 2 atom stereocenters. The van der Waals surface area contributed by atoms with Gasteiger partial charge in [0.25, 0.3) is 0 Å². The van der Waals surface area contributed by atoms with Crippen LogP contribution in [0.5, 0.6) is 0 Å². The van der Waals surface area contributed by atoms with Gasteiger partial charge in [0.2, 0.25) is 0 Å². The zero-order chi connectivity index (χ0) is 14.5. The third kappa shape index (κ3) is 4.45. The van der Waals surface area contributed by atoms with Gasteiger partial charge in [-0.15, -0.1) is 0 Å². The molecule has 0 spiro atoms. The van der Waals surface area contributed by atoms with Gasteiger partial charge in [-0.3, -0.25) is 13.8 Å². The summed E-state index contributed by atoms with van der Waals surface area (Å²) in [7, 11) is -1.07. The highest BCUT2D eigenvalue weighted by molar-refractivity contribution is 7.84. The van der Waals surface area contributed by atoms with Gasteiger partial charge in [-0.2, -0.15) is 0 Å².